The van der Waals surface area contributed by atoms with Gasteiger partial charge in [-0.1, -0.05) is 11.8 Å². The molecule has 0 saturated heterocycles. The minimum Gasteiger partial charge on any atom is -0.322 e. The van der Waals surface area contributed by atoms with Crippen LogP contribution in [-0.2, 0) is 6.42 Å². The fraction of sp³-hybridized carbons (Fsp3) is 0.231. The number of aromatic nitrogens is 2. The first-order valence-electron chi connectivity index (χ1n) is 5.76. The van der Waals surface area contributed by atoms with E-state index >= 15 is 0 Å². The average Bonchev–Trinajstić information content (AvgIpc) is 2.37. The van der Waals surface area contributed by atoms with Crippen molar-refractivity contribution in [1.82, 2.24) is 9.97 Å². The Labute approximate surface area is 140 Å². The molecule has 0 radical (unpaired) electrons. The Hall–Kier alpha value is -0.760. The fourth-order valence-corrected chi connectivity index (χ4v) is 2.63. The topological polar surface area (TPSA) is 51.8 Å². The van der Waals surface area contributed by atoms with Crippen molar-refractivity contribution in [2.24, 2.45) is 5.73 Å². The van der Waals surface area contributed by atoms with E-state index in [1.807, 2.05) is 6.26 Å². The molecule has 0 amide bonds. The van der Waals surface area contributed by atoms with Crippen LogP contribution in [0.4, 0.5) is 8.78 Å². The molecule has 0 fully saturated rings. The summed E-state index contributed by atoms with van der Waals surface area (Å²) >= 11 is 4.74. The zero-order valence-electron chi connectivity index (χ0n) is 11.0. The van der Waals surface area contributed by atoms with E-state index in [9.17, 15) is 8.78 Å². The second-order valence-corrected chi connectivity index (χ2v) is 5.81. The van der Waals surface area contributed by atoms with Crippen molar-refractivity contribution in [2.45, 2.75) is 17.6 Å². The molecular formula is C13H13BrClF2N3S. The predicted molar refractivity (Wildman–Crippen MR) is 85.8 cm³/mol. The van der Waals surface area contributed by atoms with Gasteiger partial charge in [0.05, 0.1) is 16.2 Å². The van der Waals surface area contributed by atoms with E-state index in [0.29, 0.717) is 20.9 Å². The molecule has 2 N–H and O–H groups in total. The second kappa shape index (κ2) is 8.03. The molecule has 0 bridgehead atoms. The molecule has 21 heavy (non-hydrogen) atoms. The Kier molecular flexibility index (Phi) is 6.99. The Balaban J connectivity index is 0.00000220. The Morgan fingerprint density at radius 1 is 1.29 bits per heavy atom. The number of nitrogens with zero attached hydrogens (tertiary/aromatic N) is 2. The Morgan fingerprint density at radius 2 is 1.90 bits per heavy atom. The van der Waals surface area contributed by atoms with E-state index in [2.05, 4.69) is 25.9 Å². The van der Waals surface area contributed by atoms with Gasteiger partial charge < -0.3 is 5.73 Å². The van der Waals surface area contributed by atoms with E-state index in [4.69, 9.17) is 5.73 Å². The number of hydrogen-bond donors (Lipinski definition) is 1. The van der Waals surface area contributed by atoms with E-state index < -0.39 is 17.7 Å². The maximum absolute atomic E-state index is 13.2. The van der Waals surface area contributed by atoms with Crippen LogP contribution >= 0.6 is 40.1 Å². The molecule has 2 aromatic rings. The maximum atomic E-state index is 13.2. The summed E-state index contributed by atoms with van der Waals surface area (Å²) in [6, 6.07) is 2.90. The van der Waals surface area contributed by atoms with Gasteiger partial charge in [0.2, 0.25) is 0 Å². The van der Waals surface area contributed by atoms with Gasteiger partial charge in [0.25, 0.3) is 0 Å². The van der Waals surface area contributed by atoms with Crippen molar-refractivity contribution in [3.05, 3.63) is 51.8 Å². The standard InChI is InChI=1S/C13H12BrF2N3S.ClH/c1-20-13-18-6-10(14)12(19-13)11(17)4-7-2-8(15)5-9(16)3-7;/h2-3,5-6,11H,4,17H2,1H3;1H/t11-;/m1./s1. The first-order chi connectivity index (χ1) is 9.49. The summed E-state index contributed by atoms with van der Waals surface area (Å²) in [5, 5.41) is 0.601. The summed E-state index contributed by atoms with van der Waals surface area (Å²) in [6.07, 6.45) is 3.78. The summed E-state index contributed by atoms with van der Waals surface area (Å²) < 4.78 is 27.0. The van der Waals surface area contributed by atoms with Crippen LogP contribution < -0.4 is 5.73 Å². The molecule has 0 unspecified atom stereocenters. The molecule has 0 aliphatic rings. The monoisotopic (exact) mass is 395 g/mol. The minimum absolute atomic E-state index is 0. The highest BCUT2D eigenvalue weighted by molar-refractivity contribution is 9.10. The first-order valence-corrected chi connectivity index (χ1v) is 7.78. The Morgan fingerprint density at radius 3 is 2.48 bits per heavy atom. The molecule has 114 valence electrons. The molecular weight excluding hydrogens is 384 g/mol. The molecule has 0 spiro atoms. The summed E-state index contributed by atoms with van der Waals surface area (Å²) in [6.45, 7) is 0. The van der Waals surface area contributed by atoms with Crippen molar-refractivity contribution >= 4 is 40.1 Å². The molecule has 8 heteroatoms. The van der Waals surface area contributed by atoms with Gasteiger partial charge in [0.1, 0.15) is 11.6 Å². The van der Waals surface area contributed by atoms with Gasteiger partial charge in [0, 0.05) is 12.3 Å². The predicted octanol–water partition coefficient (Wildman–Crippen LogP) is 3.90. The van der Waals surface area contributed by atoms with Crippen LogP contribution in [0.1, 0.15) is 17.3 Å². The van der Waals surface area contributed by atoms with E-state index in [1.165, 1.54) is 23.9 Å². The van der Waals surface area contributed by atoms with E-state index in [0.717, 1.165) is 6.07 Å². The molecule has 1 heterocycles. The lowest BCUT2D eigenvalue weighted by Gasteiger charge is -2.13. The van der Waals surface area contributed by atoms with Gasteiger partial charge >= 0.3 is 0 Å². The van der Waals surface area contributed by atoms with Crippen molar-refractivity contribution < 1.29 is 8.78 Å². The molecule has 0 aliphatic carbocycles. The lowest BCUT2D eigenvalue weighted by Crippen LogP contribution is -2.16. The minimum atomic E-state index is -0.612. The number of nitrogens with two attached hydrogens (primary N) is 1. The molecule has 1 aromatic heterocycles. The summed E-state index contributed by atoms with van der Waals surface area (Å²) in [7, 11) is 0. The highest BCUT2D eigenvalue weighted by Crippen LogP contribution is 2.24. The SMILES string of the molecule is CSc1ncc(Br)c([C@H](N)Cc2cc(F)cc(F)c2)n1.Cl. The van der Waals surface area contributed by atoms with Gasteiger partial charge in [-0.3, -0.25) is 0 Å². The van der Waals surface area contributed by atoms with Gasteiger partial charge in [-0.25, -0.2) is 18.7 Å². The van der Waals surface area contributed by atoms with Gasteiger partial charge in [-0.2, -0.15) is 0 Å². The van der Waals surface area contributed by atoms with Gasteiger partial charge in [-0.05, 0) is 46.3 Å². The highest BCUT2D eigenvalue weighted by atomic mass is 79.9. The smallest absolute Gasteiger partial charge is 0.187 e. The van der Waals surface area contributed by atoms with E-state index in [-0.39, 0.29) is 18.8 Å². The first kappa shape index (κ1) is 18.3. The molecule has 3 nitrogen and oxygen atoms in total. The van der Waals surface area contributed by atoms with Crippen LogP contribution in [0.2, 0.25) is 0 Å². The molecule has 1 atom stereocenters. The normalized spacial score (nSPS) is 11.9. The molecule has 2 rings (SSSR count). The molecule has 0 aliphatic heterocycles. The second-order valence-electron chi connectivity index (χ2n) is 4.18. The van der Waals surface area contributed by atoms with Crippen molar-refractivity contribution in [3.8, 4) is 0 Å². The zero-order chi connectivity index (χ0) is 14.7. The third-order valence-corrected chi connectivity index (χ3v) is 3.83. The van der Waals surface area contributed by atoms with Gasteiger partial charge in [-0.15, -0.1) is 12.4 Å². The van der Waals surface area contributed by atoms with E-state index in [1.54, 1.807) is 6.20 Å². The Bertz CT molecular complexity index is 610. The summed E-state index contributed by atoms with van der Waals surface area (Å²) in [5.74, 6) is -1.22. The number of thioether (sulfide) groups is 1. The van der Waals surface area contributed by atoms with Crippen molar-refractivity contribution in [1.29, 1.82) is 0 Å². The summed E-state index contributed by atoms with van der Waals surface area (Å²) in [5.41, 5.74) is 7.19. The lowest BCUT2D eigenvalue weighted by molar-refractivity contribution is 0.575. The average molecular weight is 397 g/mol. The quantitative estimate of drug-likeness (QED) is 0.629. The van der Waals surface area contributed by atoms with Crippen LogP contribution in [0.5, 0.6) is 0 Å². The number of rotatable bonds is 4. The van der Waals surface area contributed by atoms with Crippen LogP contribution in [-0.4, -0.2) is 16.2 Å². The van der Waals surface area contributed by atoms with Crippen LogP contribution in [0.15, 0.2) is 34.0 Å². The van der Waals surface area contributed by atoms with Crippen LogP contribution in [0, 0.1) is 11.6 Å². The zero-order valence-corrected chi connectivity index (χ0v) is 14.2. The molecule has 0 saturated carbocycles. The third kappa shape index (κ3) is 4.88. The molecule has 1 aromatic carbocycles. The maximum Gasteiger partial charge on any atom is 0.187 e. The van der Waals surface area contributed by atoms with Crippen molar-refractivity contribution in [3.63, 3.8) is 0 Å². The number of hydrogen-bond acceptors (Lipinski definition) is 4. The van der Waals surface area contributed by atoms with Crippen LogP contribution in [0.3, 0.4) is 0 Å². The number of benzene rings is 1. The lowest BCUT2D eigenvalue weighted by atomic mass is 10.0. The fourth-order valence-electron chi connectivity index (χ4n) is 1.80. The van der Waals surface area contributed by atoms with Crippen molar-refractivity contribution in [2.75, 3.05) is 6.26 Å². The number of halogens is 4. The van der Waals surface area contributed by atoms with Crippen LogP contribution in [0.25, 0.3) is 0 Å². The highest BCUT2D eigenvalue weighted by Gasteiger charge is 2.15. The summed E-state index contributed by atoms with van der Waals surface area (Å²) in [4.78, 5) is 8.43. The third-order valence-electron chi connectivity index (χ3n) is 2.66. The van der Waals surface area contributed by atoms with Gasteiger partial charge in [0.15, 0.2) is 5.16 Å². The largest absolute Gasteiger partial charge is 0.322 e.